The standard InChI is InChI=1S/C20H29N3O3.HI/c1-4-21-20(23-12-14(2)17(13-23)19(24)25-3)22-11-15-9-10-26-18-8-6-5-7-16(15)18;/h5-8,14-15,17H,4,9-13H2,1-3H3,(H,21,22);1H. The third-order valence-corrected chi connectivity index (χ3v) is 5.29. The first-order valence-corrected chi connectivity index (χ1v) is 9.46. The molecule has 1 fully saturated rings. The van der Waals surface area contributed by atoms with Gasteiger partial charge < -0.3 is 19.7 Å². The number of esters is 1. The Labute approximate surface area is 178 Å². The largest absolute Gasteiger partial charge is 0.493 e. The highest BCUT2D eigenvalue weighted by Gasteiger charge is 2.37. The van der Waals surface area contributed by atoms with Crippen molar-refractivity contribution in [2.24, 2.45) is 16.8 Å². The molecule has 0 saturated carbocycles. The molecule has 1 aromatic carbocycles. The molecule has 0 aromatic heterocycles. The molecule has 1 N–H and O–H groups in total. The minimum Gasteiger partial charge on any atom is -0.493 e. The molecule has 3 atom stereocenters. The number of ether oxygens (including phenoxy) is 2. The first kappa shape index (κ1) is 21.8. The van der Waals surface area contributed by atoms with Crippen molar-refractivity contribution in [3.63, 3.8) is 0 Å². The van der Waals surface area contributed by atoms with Crippen LogP contribution in [-0.2, 0) is 9.53 Å². The van der Waals surface area contributed by atoms with Gasteiger partial charge in [0.05, 0.1) is 19.6 Å². The lowest BCUT2D eigenvalue weighted by Gasteiger charge is -2.26. The van der Waals surface area contributed by atoms with Crippen LogP contribution in [0.4, 0.5) is 0 Å². The summed E-state index contributed by atoms with van der Waals surface area (Å²) in [4.78, 5) is 19.0. The highest BCUT2D eigenvalue weighted by Crippen LogP contribution is 2.33. The molecule has 1 saturated heterocycles. The van der Waals surface area contributed by atoms with Gasteiger partial charge in [-0.05, 0) is 30.9 Å². The summed E-state index contributed by atoms with van der Waals surface area (Å²) in [6.45, 7) is 7.89. The van der Waals surface area contributed by atoms with Crippen LogP contribution >= 0.6 is 24.0 Å². The van der Waals surface area contributed by atoms with Crippen LogP contribution in [0.15, 0.2) is 29.3 Å². The summed E-state index contributed by atoms with van der Waals surface area (Å²) in [5.74, 6) is 2.27. The van der Waals surface area contributed by atoms with E-state index in [1.54, 1.807) is 0 Å². The van der Waals surface area contributed by atoms with Crippen LogP contribution in [0.5, 0.6) is 5.75 Å². The second kappa shape index (κ2) is 10.1. The van der Waals surface area contributed by atoms with Gasteiger partial charge in [-0.25, -0.2) is 0 Å². The van der Waals surface area contributed by atoms with Gasteiger partial charge in [0, 0.05) is 32.1 Å². The number of rotatable bonds is 4. The molecule has 0 bridgehead atoms. The molecule has 2 aliphatic rings. The Morgan fingerprint density at radius 1 is 1.37 bits per heavy atom. The van der Waals surface area contributed by atoms with Crippen molar-refractivity contribution < 1.29 is 14.3 Å². The lowest BCUT2D eigenvalue weighted by atomic mass is 9.93. The van der Waals surface area contributed by atoms with E-state index in [1.807, 2.05) is 12.1 Å². The van der Waals surface area contributed by atoms with E-state index in [0.29, 0.717) is 12.5 Å². The van der Waals surface area contributed by atoms with Crippen molar-refractivity contribution in [3.05, 3.63) is 29.8 Å². The zero-order chi connectivity index (χ0) is 18.5. The number of carbonyl (C=O) groups excluding carboxylic acids is 1. The van der Waals surface area contributed by atoms with Gasteiger partial charge in [-0.1, -0.05) is 25.1 Å². The fourth-order valence-corrected chi connectivity index (χ4v) is 3.83. The van der Waals surface area contributed by atoms with Crippen LogP contribution in [0.1, 0.15) is 31.7 Å². The van der Waals surface area contributed by atoms with E-state index in [2.05, 4.69) is 36.2 Å². The highest BCUT2D eigenvalue weighted by atomic mass is 127. The molecule has 0 aliphatic carbocycles. The van der Waals surface area contributed by atoms with E-state index in [1.165, 1.54) is 12.7 Å². The monoisotopic (exact) mass is 487 g/mol. The lowest BCUT2D eigenvalue weighted by molar-refractivity contribution is -0.145. The summed E-state index contributed by atoms with van der Waals surface area (Å²) in [5, 5.41) is 3.38. The van der Waals surface area contributed by atoms with Crippen molar-refractivity contribution in [1.29, 1.82) is 0 Å². The number of aliphatic imine (C=N–C) groups is 1. The van der Waals surface area contributed by atoms with E-state index < -0.39 is 0 Å². The Morgan fingerprint density at radius 3 is 2.89 bits per heavy atom. The Bertz CT molecular complexity index is 668. The molecule has 3 rings (SSSR count). The Kier molecular flexibility index (Phi) is 8.19. The molecule has 3 unspecified atom stereocenters. The zero-order valence-electron chi connectivity index (χ0n) is 16.3. The fraction of sp³-hybridized carbons (Fsp3) is 0.600. The minimum atomic E-state index is -0.130. The fourth-order valence-electron chi connectivity index (χ4n) is 3.83. The Hall–Kier alpha value is -1.51. The van der Waals surface area contributed by atoms with Gasteiger partial charge in [0.25, 0.3) is 0 Å². The number of benzene rings is 1. The van der Waals surface area contributed by atoms with Crippen molar-refractivity contribution in [1.82, 2.24) is 10.2 Å². The average Bonchev–Trinajstić information content (AvgIpc) is 3.06. The number of nitrogens with zero attached hydrogens (tertiary/aromatic N) is 2. The summed E-state index contributed by atoms with van der Waals surface area (Å²) in [6.07, 6.45) is 0.973. The van der Waals surface area contributed by atoms with Crippen LogP contribution in [0, 0.1) is 11.8 Å². The molecule has 150 valence electrons. The van der Waals surface area contributed by atoms with E-state index in [-0.39, 0.29) is 41.8 Å². The maximum atomic E-state index is 12.0. The Balaban J connectivity index is 0.00000261. The number of hydrogen-bond acceptors (Lipinski definition) is 4. The first-order valence-electron chi connectivity index (χ1n) is 9.46. The average molecular weight is 487 g/mol. The summed E-state index contributed by atoms with van der Waals surface area (Å²) in [7, 11) is 1.46. The van der Waals surface area contributed by atoms with Gasteiger partial charge in [-0.15, -0.1) is 24.0 Å². The summed E-state index contributed by atoms with van der Waals surface area (Å²) >= 11 is 0. The van der Waals surface area contributed by atoms with Gasteiger partial charge in [0.1, 0.15) is 5.75 Å². The van der Waals surface area contributed by atoms with Gasteiger partial charge in [-0.3, -0.25) is 9.79 Å². The maximum Gasteiger partial charge on any atom is 0.310 e. The number of halogens is 1. The molecule has 7 heteroatoms. The number of nitrogens with one attached hydrogen (secondary N) is 1. The van der Waals surface area contributed by atoms with Crippen LogP contribution in [0.25, 0.3) is 0 Å². The van der Waals surface area contributed by atoms with Crippen LogP contribution in [-0.4, -0.2) is 56.7 Å². The van der Waals surface area contributed by atoms with Gasteiger partial charge in [0.2, 0.25) is 0 Å². The van der Waals surface area contributed by atoms with Crippen molar-refractivity contribution in [2.45, 2.75) is 26.2 Å². The third-order valence-electron chi connectivity index (χ3n) is 5.29. The maximum absolute atomic E-state index is 12.0. The summed E-state index contributed by atoms with van der Waals surface area (Å²) in [6, 6.07) is 8.22. The van der Waals surface area contributed by atoms with Gasteiger partial charge >= 0.3 is 5.97 Å². The molecule has 0 radical (unpaired) electrons. The number of para-hydroxylation sites is 1. The number of likely N-dealkylation sites (tertiary alicyclic amines) is 1. The van der Waals surface area contributed by atoms with Crippen molar-refractivity contribution in [3.8, 4) is 5.75 Å². The summed E-state index contributed by atoms with van der Waals surface area (Å²) in [5.41, 5.74) is 1.24. The van der Waals surface area contributed by atoms with Crippen molar-refractivity contribution >= 4 is 35.9 Å². The predicted molar refractivity (Wildman–Crippen MR) is 117 cm³/mol. The third kappa shape index (κ3) is 5.06. The predicted octanol–water partition coefficient (Wildman–Crippen LogP) is 2.88. The highest BCUT2D eigenvalue weighted by molar-refractivity contribution is 14.0. The molecule has 2 aliphatic heterocycles. The molecular weight excluding hydrogens is 457 g/mol. The Morgan fingerprint density at radius 2 is 2.15 bits per heavy atom. The van der Waals surface area contributed by atoms with Crippen LogP contribution in [0.3, 0.4) is 0 Å². The number of guanidine groups is 1. The van der Waals surface area contributed by atoms with Crippen molar-refractivity contribution in [2.75, 3.05) is 39.9 Å². The molecule has 6 nitrogen and oxygen atoms in total. The molecule has 0 spiro atoms. The zero-order valence-corrected chi connectivity index (χ0v) is 18.6. The van der Waals surface area contributed by atoms with E-state index in [4.69, 9.17) is 14.5 Å². The SMILES string of the molecule is CCNC(=NCC1CCOc2ccccc21)N1CC(C)C(C(=O)OC)C1.I. The number of methoxy groups -OCH3 is 1. The topological polar surface area (TPSA) is 63.2 Å². The first-order chi connectivity index (χ1) is 12.6. The van der Waals surface area contributed by atoms with Crippen LogP contribution in [0.2, 0.25) is 0 Å². The molecule has 2 heterocycles. The van der Waals surface area contributed by atoms with E-state index in [0.717, 1.165) is 44.4 Å². The molecule has 27 heavy (non-hydrogen) atoms. The number of hydrogen-bond donors (Lipinski definition) is 1. The van der Waals surface area contributed by atoms with E-state index in [9.17, 15) is 4.79 Å². The minimum absolute atomic E-state index is 0. The second-order valence-electron chi connectivity index (χ2n) is 7.08. The normalized spacial score (nSPS) is 24.5. The van der Waals surface area contributed by atoms with Gasteiger partial charge in [-0.2, -0.15) is 0 Å². The molecule has 0 amide bonds. The lowest BCUT2D eigenvalue weighted by Crippen LogP contribution is -2.41. The van der Waals surface area contributed by atoms with Gasteiger partial charge in [0.15, 0.2) is 5.96 Å². The number of carbonyl (C=O) groups is 1. The quantitative estimate of drug-likeness (QED) is 0.307. The second-order valence-corrected chi connectivity index (χ2v) is 7.08. The van der Waals surface area contributed by atoms with E-state index >= 15 is 0 Å². The molecule has 1 aromatic rings. The molecular formula is C20H30IN3O3. The smallest absolute Gasteiger partial charge is 0.310 e. The van der Waals surface area contributed by atoms with Crippen LogP contribution < -0.4 is 10.1 Å². The number of fused-ring (bicyclic) bond motifs is 1. The summed E-state index contributed by atoms with van der Waals surface area (Å²) < 4.78 is 10.7.